The maximum absolute atomic E-state index is 12.1. The second-order valence-corrected chi connectivity index (χ2v) is 9.83. The number of amides is 1. The van der Waals surface area contributed by atoms with E-state index in [-0.39, 0.29) is 17.4 Å². The van der Waals surface area contributed by atoms with Gasteiger partial charge in [0.2, 0.25) is 5.91 Å². The molecule has 138 valence electrons. The van der Waals surface area contributed by atoms with Crippen LogP contribution in [0, 0.1) is 23.7 Å². The molecule has 1 aromatic rings. The van der Waals surface area contributed by atoms with Gasteiger partial charge in [0.05, 0.1) is 6.04 Å². The van der Waals surface area contributed by atoms with Crippen LogP contribution < -0.4 is 5.32 Å². The van der Waals surface area contributed by atoms with Gasteiger partial charge in [0, 0.05) is 24.3 Å². The number of nitrogens with zero attached hydrogens (tertiary/aromatic N) is 1. The Morgan fingerprint density at radius 1 is 1.12 bits per heavy atom. The number of carbonyl (C=O) groups excluding carboxylic acids is 1. The molecule has 3 aliphatic carbocycles. The largest absolute Gasteiger partial charge is 0.349 e. The summed E-state index contributed by atoms with van der Waals surface area (Å²) in [6.07, 6.45) is 9.22. The second kappa shape index (κ2) is 5.58. The first-order valence-electron chi connectivity index (χ1n) is 10.8. The van der Waals surface area contributed by atoms with Crippen molar-refractivity contribution in [2.75, 3.05) is 19.6 Å². The van der Waals surface area contributed by atoms with Gasteiger partial charge in [-0.25, -0.2) is 0 Å². The number of carbonyl (C=O) groups is 1. The summed E-state index contributed by atoms with van der Waals surface area (Å²) in [5.74, 6) is 3.81. The normalized spacial score (nSPS) is 40.0. The van der Waals surface area contributed by atoms with Crippen LogP contribution in [0.3, 0.4) is 0 Å². The molecule has 2 aliphatic heterocycles. The van der Waals surface area contributed by atoms with Crippen molar-refractivity contribution in [1.29, 1.82) is 0 Å². The Labute approximate surface area is 156 Å². The van der Waals surface area contributed by atoms with Crippen molar-refractivity contribution in [2.45, 2.75) is 56.4 Å². The van der Waals surface area contributed by atoms with Crippen molar-refractivity contribution < 1.29 is 4.79 Å². The highest BCUT2D eigenvalue weighted by Crippen LogP contribution is 2.58. The summed E-state index contributed by atoms with van der Waals surface area (Å²) in [5.41, 5.74) is 3.20. The van der Waals surface area contributed by atoms with Gasteiger partial charge >= 0.3 is 0 Å². The zero-order chi connectivity index (χ0) is 17.3. The molecule has 1 spiro atoms. The molecular weight excluding hydrogens is 320 g/mol. The fourth-order valence-corrected chi connectivity index (χ4v) is 7.59. The minimum atomic E-state index is 0.242. The van der Waals surface area contributed by atoms with E-state index < -0.39 is 0 Å². The fraction of sp³-hybridized carbons (Fsp3) is 0.696. The van der Waals surface area contributed by atoms with E-state index in [0.29, 0.717) is 5.92 Å². The lowest BCUT2D eigenvalue weighted by Crippen LogP contribution is -2.46. The number of nitrogens with one attached hydrogen (secondary N) is 1. The van der Waals surface area contributed by atoms with Crippen LogP contribution in [0.1, 0.15) is 62.1 Å². The molecule has 2 bridgehead atoms. The van der Waals surface area contributed by atoms with Gasteiger partial charge in [0.15, 0.2) is 0 Å². The third kappa shape index (κ3) is 2.13. The van der Waals surface area contributed by atoms with Crippen LogP contribution in [0.2, 0.25) is 0 Å². The van der Waals surface area contributed by atoms with Crippen LogP contribution in [-0.2, 0) is 10.2 Å². The van der Waals surface area contributed by atoms with Crippen molar-refractivity contribution in [2.24, 2.45) is 23.7 Å². The molecular formula is C23H30N2O. The predicted molar refractivity (Wildman–Crippen MR) is 102 cm³/mol. The molecule has 1 amide bonds. The summed E-state index contributed by atoms with van der Waals surface area (Å²) < 4.78 is 0. The summed E-state index contributed by atoms with van der Waals surface area (Å²) in [4.78, 5) is 14.9. The fourth-order valence-electron chi connectivity index (χ4n) is 7.59. The SMILES string of the molecule is O=C1CC2[C@H](N1)c1ccccc1C21CCN(C[C@H]2CC3CCC2C3)CC1. The molecule has 1 aromatic carbocycles. The van der Waals surface area contributed by atoms with Crippen LogP contribution in [0.25, 0.3) is 0 Å². The number of piperidine rings is 1. The van der Waals surface area contributed by atoms with E-state index in [4.69, 9.17) is 0 Å². The van der Waals surface area contributed by atoms with Crippen molar-refractivity contribution in [3.05, 3.63) is 35.4 Å². The molecule has 3 nitrogen and oxygen atoms in total. The van der Waals surface area contributed by atoms with Gasteiger partial charge in [-0.05, 0) is 74.1 Å². The smallest absolute Gasteiger partial charge is 0.220 e. The van der Waals surface area contributed by atoms with Gasteiger partial charge in [0.25, 0.3) is 0 Å². The first kappa shape index (κ1) is 15.7. The van der Waals surface area contributed by atoms with Gasteiger partial charge in [-0.1, -0.05) is 30.7 Å². The van der Waals surface area contributed by atoms with Crippen LogP contribution in [0.5, 0.6) is 0 Å². The molecule has 5 aliphatic rings. The van der Waals surface area contributed by atoms with Gasteiger partial charge in [-0.2, -0.15) is 0 Å². The van der Waals surface area contributed by atoms with E-state index in [1.54, 1.807) is 5.56 Å². The Balaban J connectivity index is 1.22. The number of fused-ring (bicyclic) bond motifs is 7. The van der Waals surface area contributed by atoms with Gasteiger partial charge in [0.1, 0.15) is 0 Å². The molecule has 4 fully saturated rings. The number of hydrogen-bond donors (Lipinski definition) is 1. The van der Waals surface area contributed by atoms with E-state index in [9.17, 15) is 4.79 Å². The molecule has 6 rings (SSSR count). The maximum atomic E-state index is 12.1. The molecule has 0 aromatic heterocycles. The third-order valence-corrected chi connectivity index (χ3v) is 8.79. The quantitative estimate of drug-likeness (QED) is 0.883. The van der Waals surface area contributed by atoms with Crippen LogP contribution in [-0.4, -0.2) is 30.4 Å². The summed E-state index contributed by atoms with van der Waals surface area (Å²) >= 11 is 0. The first-order valence-corrected chi connectivity index (χ1v) is 10.8. The monoisotopic (exact) mass is 350 g/mol. The average Bonchev–Trinajstić information content (AvgIpc) is 3.41. The van der Waals surface area contributed by atoms with Gasteiger partial charge in [-0.3, -0.25) is 4.79 Å². The van der Waals surface area contributed by atoms with Crippen molar-refractivity contribution in [1.82, 2.24) is 10.2 Å². The van der Waals surface area contributed by atoms with E-state index >= 15 is 0 Å². The molecule has 3 unspecified atom stereocenters. The Kier molecular flexibility index (Phi) is 3.36. The summed E-state index contributed by atoms with van der Waals surface area (Å²) in [7, 11) is 0. The van der Waals surface area contributed by atoms with Crippen LogP contribution in [0.4, 0.5) is 0 Å². The highest BCUT2D eigenvalue weighted by Gasteiger charge is 2.56. The summed E-state index contributed by atoms with van der Waals surface area (Å²) in [6, 6.07) is 9.23. The zero-order valence-electron chi connectivity index (χ0n) is 15.6. The second-order valence-electron chi connectivity index (χ2n) is 9.83. The molecule has 2 saturated heterocycles. The third-order valence-electron chi connectivity index (χ3n) is 8.79. The first-order chi connectivity index (χ1) is 12.7. The summed E-state index contributed by atoms with van der Waals surface area (Å²) in [6.45, 7) is 3.78. The maximum Gasteiger partial charge on any atom is 0.220 e. The Morgan fingerprint density at radius 3 is 2.73 bits per heavy atom. The lowest BCUT2D eigenvalue weighted by Gasteiger charge is -2.44. The Morgan fingerprint density at radius 2 is 1.96 bits per heavy atom. The van der Waals surface area contributed by atoms with Crippen molar-refractivity contribution >= 4 is 5.91 Å². The van der Waals surface area contributed by atoms with E-state index in [2.05, 4.69) is 34.5 Å². The minimum absolute atomic E-state index is 0.242. The Hall–Kier alpha value is -1.35. The number of hydrogen-bond acceptors (Lipinski definition) is 2. The van der Waals surface area contributed by atoms with E-state index in [1.807, 2.05) is 0 Å². The topological polar surface area (TPSA) is 32.3 Å². The molecule has 2 saturated carbocycles. The lowest BCUT2D eigenvalue weighted by atomic mass is 9.67. The van der Waals surface area contributed by atoms with Gasteiger partial charge < -0.3 is 10.2 Å². The lowest BCUT2D eigenvalue weighted by molar-refractivity contribution is -0.119. The summed E-state index contributed by atoms with van der Waals surface area (Å²) in [5, 5.41) is 3.28. The van der Waals surface area contributed by atoms with E-state index in [0.717, 1.165) is 24.2 Å². The highest BCUT2D eigenvalue weighted by molar-refractivity contribution is 5.81. The molecule has 3 heteroatoms. The molecule has 26 heavy (non-hydrogen) atoms. The number of benzene rings is 1. The number of rotatable bonds is 2. The molecule has 1 N–H and O–H groups in total. The number of likely N-dealkylation sites (tertiary alicyclic amines) is 1. The van der Waals surface area contributed by atoms with Gasteiger partial charge in [-0.15, -0.1) is 0 Å². The molecule has 5 atom stereocenters. The highest BCUT2D eigenvalue weighted by atomic mass is 16.2. The standard InChI is InChI=1S/C23H30N2O/c26-21-13-20-22(24-21)18-3-1-2-4-19(18)23(20)7-9-25(10-8-23)14-17-12-15-5-6-16(17)11-15/h1-4,15-17,20,22H,5-14H2,(H,24,26)/t15?,16?,17-,20?,22-/m1/s1. The van der Waals surface area contributed by atoms with Crippen molar-refractivity contribution in [3.8, 4) is 0 Å². The molecule has 0 radical (unpaired) electrons. The zero-order valence-corrected chi connectivity index (χ0v) is 15.6. The predicted octanol–water partition coefficient (Wildman–Crippen LogP) is 3.65. The van der Waals surface area contributed by atoms with Crippen LogP contribution in [0.15, 0.2) is 24.3 Å². The molecule has 2 heterocycles. The van der Waals surface area contributed by atoms with Crippen LogP contribution >= 0.6 is 0 Å². The average molecular weight is 351 g/mol. The van der Waals surface area contributed by atoms with Crippen molar-refractivity contribution in [3.63, 3.8) is 0 Å². The van der Waals surface area contributed by atoms with E-state index in [1.165, 1.54) is 63.7 Å². The minimum Gasteiger partial charge on any atom is -0.349 e. The Bertz CT molecular complexity index is 735.